The number of hydrogen-bond acceptors (Lipinski definition) is 0. The molecular weight excluding hydrogens is 641 g/mol. The number of nitrogens with zero attached hydrogens (tertiary/aromatic N) is 2. The Morgan fingerprint density at radius 3 is 1.36 bits per heavy atom. The first kappa shape index (κ1) is 30.6. The van der Waals surface area contributed by atoms with Gasteiger partial charge in [0.25, 0.3) is 0 Å². The lowest BCUT2D eigenvalue weighted by atomic mass is 9.82. The first-order valence-corrected chi connectivity index (χ1v) is 18.0. The molecule has 9 aromatic carbocycles. The summed E-state index contributed by atoms with van der Waals surface area (Å²) in [6, 6.07) is 69.2. The van der Waals surface area contributed by atoms with Gasteiger partial charge in [0, 0.05) is 16.3 Å². The molecule has 0 bridgehead atoms. The summed E-state index contributed by atoms with van der Waals surface area (Å²) in [5.74, 6) is 0. The molecule has 2 heteroatoms. The maximum absolute atomic E-state index is 8.09. The van der Waals surface area contributed by atoms with Gasteiger partial charge in [-0.1, -0.05) is 170 Å². The highest BCUT2D eigenvalue weighted by Crippen LogP contribution is 2.48. The molecule has 0 N–H and O–H groups in total. The molecule has 0 aliphatic rings. The average molecular weight is 673 g/mol. The van der Waals surface area contributed by atoms with Gasteiger partial charge in [0.15, 0.2) is 5.69 Å². The monoisotopic (exact) mass is 672 g/mol. The third kappa shape index (κ3) is 4.87. The number of rotatable bonds is 5. The van der Waals surface area contributed by atoms with E-state index < -0.39 is 0 Å². The minimum absolute atomic E-state index is 0.618. The molecule has 1 heterocycles. The first-order valence-electron chi connectivity index (χ1n) is 18.0. The third-order valence-electron chi connectivity index (χ3n) is 10.6. The molecule has 0 aliphatic heterocycles. The van der Waals surface area contributed by atoms with Gasteiger partial charge >= 0.3 is 0 Å². The highest BCUT2D eigenvalue weighted by molar-refractivity contribution is 6.23. The average Bonchev–Trinajstić information content (AvgIpc) is 3.57. The molecule has 0 radical (unpaired) electrons. The van der Waals surface area contributed by atoms with Crippen LogP contribution in [0.15, 0.2) is 194 Å². The number of fused-ring (bicyclic) bond motifs is 5. The van der Waals surface area contributed by atoms with Gasteiger partial charge < -0.3 is 4.57 Å². The minimum atomic E-state index is 0.618. The fourth-order valence-electron chi connectivity index (χ4n) is 8.41. The summed E-state index contributed by atoms with van der Waals surface area (Å²) in [6.07, 6.45) is 0. The van der Waals surface area contributed by atoms with E-state index in [0.717, 1.165) is 49.8 Å². The maximum atomic E-state index is 8.09. The first-order chi connectivity index (χ1) is 26.3. The number of aromatic nitrogens is 1. The van der Waals surface area contributed by atoms with E-state index in [1.165, 1.54) is 43.7 Å². The van der Waals surface area contributed by atoms with Crippen LogP contribution in [0.25, 0.3) is 98.4 Å². The Morgan fingerprint density at radius 1 is 0.340 bits per heavy atom. The fraction of sp³-hybridized carbons (Fsp3) is 0. The van der Waals surface area contributed by atoms with Gasteiger partial charge in [-0.2, -0.15) is 0 Å². The van der Waals surface area contributed by atoms with E-state index in [1.54, 1.807) is 0 Å². The summed E-state index contributed by atoms with van der Waals surface area (Å²) in [5.41, 5.74) is 13.2. The van der Waals surface area contributed by atoms with E-state index in [1.807, 2.05) is 6.07 Å². The Balaban J connectivity index is 1.27. The predicted molar refractivity (Wildman–Crippen MR) is 224 cm³/mol. The molecule has 0 aliphatic carbocycles. The van der Waals surface area contributed by atoms with Crippen LogP contribution in [0.4, 0.5) is 5.69 Å². The molecule has 0 saturated heterocycles. The van der Waals surface area contributed by atoms with Gasteiger partial charge in [-0.25, -0.2) is 4.85 Å². The second kappa shape index (κ2) is 12.5. The molecule has 246 valence electrons. The molecule has 1 aromatic heterocycles. The SMILES string of the molecule is [C-]#[N+]c1ccc(-c2ccccc2-c2ccccc2-n2c3ccccc3c3ccccc32)c(-c2c3ccccc3c(-c3ccccc3)c3ccccc23)c1. The van der Waals surface area contributed by atoms with Crippen LogP contribution in [0.1, 0.15) is 0 Å². The van der Waals surface area contributed by atoms with Crippen LogP contribution in [0.5, 0.6) is 0 Å². The normalized spacial score (nSPS) is 11.4. The minimum Gasteiger partial charge on any atom is -0.309 e. The molecule has 0 saturated carbocycles. The van der Waals surface area contributed by atoms with Crippen molar-refractivity contribution in [3.8, 4) is 50.2 Å². The van der Waals surface area contributed by atoms with Crippen molar-refractivity contribution < 1.29 is 0 Å². The zero-order valence-corrected chi connectivity index (χ0v) is 28.9. The summed E-state index contributed by atoms with van der Waals surface area (Å²) in [7, 11) is 0. The van der Waals surface area contributed by atoms with Gasteiger partial charge in [-0.05, 0) is 84.8 Å². The number of benzene rings is 9. The van der Waals surface area contributed by atoms with Crippen LogP contribution in [-0.2, 0) is 0 Å². The Hall–Kier alpha value is -7.21. The maximum Gasteiger partial charge on any atom is 0.187 e. The summed E-state index contributed by atoms with van der Waals surface area (Å²) in [4.78, 5) is 3.95. The van der Waals surface area contributed by atoms with E-state index in [2.05, 4.69) is 197 Å². The van der Waals surface area contributed by atoms with Crippen LogP contribution in [0.3, 0.4) is 0 Å². The van der Waals surface area contributed by atoms with E-state index in [9.17, 15) is 0 Å². The van der Waals surface area contributed by atoms with Crippen LogP contribution in [0, 0.1) is 6.57 Å². The summed E-state index contributed by atoms with van der Waals surface area (Å²) in [5, 5.41) is 7.18. The highest BCUT2D eigenvalue weighted by Gasteiger charge is 2.22. The predicted octanol–water partition coefficient (Wildman–Crippen LogP) is 14.3. The summed E-state index contributed by atoms with van der Waals surface area (Å²) >= 11 is 0. The van der Waals surface area contributed by atoms with Crippen molar-refractivity contribution in [2.75, 3.05) is 0 Å². The quantitative estimate of drug-likeness (QED) is 0.127. The van der Waals surface area contributed by atoms with Crippen molar-refractivity contribution in [2.45, 2.75) is 0 Å². The second-order valence-electron chi connectivity index (χ2n) is 13.5. The Bertz CT molecular complexity index is 2960. The van der Waals surface area contributed by atoms with Gasteiger partial charge in [0.1, 0.15) is 0 Å². The van der Waals surface area contributed by atoms with Crippen LogP contribution >= 0.6 is 0 Å². The van der Waals surface area contributed by atoms with E-state index in [4.69, 9.17) is 6.57 Å². The Kier molecular flexibility index (Phi) is 7.23. The van der Waals surface area contributed by atoms with Crippen molar-refractivity contribution in [2.24, 2.45) is 0 Å². The molecule has 0 unspecified atom stereocenters. The molecule has 10 aromatic rings. The van der Waals surface area contributed by atoms with E-state index in [0.29, 0.717) is 5.69 Å². The van der Waals surface area contributed by atoms with Gasteiger partial charge in [0.05, 0.1) is 23.3 Å². The third-order valence-corrected chi connectivity index (χ3v) is 10.6. The molecule has 0 fully saturated rings. The van der Waals surface area contributed by atoms with Crippen molar-refractivity contribution in [3.05, 3.63) is 206 Å². The summed E-state index contributed by atoms with van der Waals surface area (Å²) < 4.78 is 2.41. The highest BCUT2D eigenvalue weighted by atomic mass is 15.0. The van der Waals surface area contributed by atoms with E-state index in [-0.39, 0.29) is 0 Å². The van der Waals surface area contributed by atoms with Gasteiger partial charge in [0.2, 0.25) is 0 Å². The lowest BCUT2D eigenvalue weighted by Crippen LogP contribution is -1.98. The second-order valence-corrected chi connectivity index (χ2v) is 13.5. The van der Waals surface area contributed by atoms with Crippen LogP contribution in [-0.4, -0.2) is 4.57 Å². The van der Waals surface area contributed by atoms with Crippen LogP contribution in [0.2, 0.25) is 0 Å². The zero-order chi connectivity index (χ0) is 35.3. The van der Waals surface area contributed by atoms with Crippen LogP contribution < -0.4 is 0 Å². The molecule has 2 nitrogen and oxygen atoms in total. The standard InChI is InChI=1S/C51H32N2/c1-52-35-31-32-38(46(33-35)51-44-26-9-7-24-42(44)50(34-17-3-2-4-18-34)43-25-8-10-27-45(43)51)36-19-5-6-20-37(36)39-21-11-14-28-47(39)53-48-29-15-12-22-40(48)41-23-13-16-30-49(41)53/h2-33H. The number of para-hydroxylation sites is 3. The Morgan fingerprint density at radius 2 is 0.774 bits per heavy atom. The van der Waals surface area contributed by atoms with Crippen molar-refractivity contribution in [1.29, 1.82) is 0 Å². The lowest BCUT2D eigenvalue weighted by molar-refractivity contribution is 1.18. The Labute approximate surface area is 308 Å². The summed E-state index contributed by atoms with van der Waals surface area (Å²) in [6.45, 7) is 8.09. The molecular formula is C51H32N2. The molecule has 0 amide bonds. The largest absolute Gasteiger partial charge is 0.309 e. The molecule has 10 rings (SSSR count). The molecule has 0 spiro atoms. The number of hydrogen-bond donors (Lipinski definition) is 0. The van der Waals surface area contributed by atoms with E-state index >= 15 is 0 Å². The van der Waals surface area contributed by atoms with Gasteiger partial charge in [-0.15, -0.1) is 0 Å². The molecule has 53 heavy (non-hydrogen) atoms. The van der Waals surface area contributed by atoms with Crippen molar-refractivity contribution in [3.63, 3.8) is 0 Å². The van der Waals surface area contributed by atoms with Crippen molar-refractivity contribution >= 4 is 49.0 Å². The van der Waals surface area contributed by atoms with Crippen molar-refractivity contribution in [1.82, 2.24) is 4.57 Å². The topological polar surface area (TPSA) is 9.29 Å². The zero-order valence-electron chi connectivity index (χ0n) is 28.9. The smallest absolute Gasteiger partial charge is 0.187 e. The fourth-order valence-corrected chi connectivity index (χ4v) is 8.41. The molecule has 0 atom stereocenters. The lowest BCUT2D eigenvalue weighted by Gasteiger charge is -2.22. The van der Waals surface area contributed by atoms with Gasteiger partial charge in [-0.3, -0.25) is 0 Å².